The highest BCUT2D eigenvalue weighted by Gasteiger charge is 2.21. The Morgan fingerprint density at radius 3 is 2.68 bits per heavy atom. The van der Waals surface area contributed by atoms with E-state index in [0.29, 0.717) is 27.3 Å². The number of anilines is 1. The van der Waals surface area contributed by atoms with Crippen LogP contribution < -0.4 is 16.6 Å². The van der Waals surface area contributed by atoms with Gasteiger partial charge in [-0.2, -0.15) is 0 Å². The lowest BCUT2D eigenvalue weighted by molar-refractivity contribution is 0.100. The molecule has 1 unspecified atom stereocenters. The summed E-state index contributed by atoms with van der Waals surface area (Å²) in [5, 5.41) is 2.90. The largest absolute Gasteiger partial charge is 0.366 e. The van der Waals surface area contributed by atoms with Crippen LogP contribution in [0.4, 0.5) is 5.82 Å². The highest BCUT2D eigenvalue weighted by atomic mass is 35.5. The van der Waals surface area contributed by atoms with E-state index >= 15 is 0 Å². The summed E-state index contributed by atoms with van der Waals surface area (Å²) in [6.07, 6.45) is 2.13. The number of fused-ring (bicyclic) bond motifs is 1. The van der Waals surface area contributed by atoms with Crippen molar-refractivity contribution in [2.75, 3.05) is 5.01 Å². The van der Waals surface area contributed by atoms with E-state index < -0.39 is 5.91 Å². The minimum Gasteiger partial charge on any atom is -0.366 e. The average Bonchev–Trinajstić information content (AvgIpc) is 2.61. The quantitative estimate of drug-likeness (QED) is 0.541. The molecule has 0 radical (unpaired) electrons. The van der Waals surface area contributed by atoms with Gasteiger partial charge < -0.3 is 5.73 Å². The molecule has 0 saturated carbocycles. The molecular weight excluding hydrogens is 338 g/mol. The van der Waals surface area contributed by atoms with Crippen molar-refractivity contribution in [3.8, 4) is 0 Å². The van der Waals surface area contributed by atoms with Crippen molar-refractivity contribution in [2.24, 2.45) is 11.6 Å². The minimum atomic E-state index is -0.541. The number of para-hydroxylation sites is 1. The van der Waals surface area contributed by atoms with Crippen molar-refractivity contribution in [3.05, 3.63) is 64.9 Å². The van der Waals surface area contributed by atoms with E-state index in [0.717, 1.165) is 12.0 Å². The van der Waals surface area contributed by atoms with E-state index in [2.05, 4.69) is 9.97 Å². The van der Waals surface area contributed by atoms with E-state index in [1.165, 1.54) is 6.33 Å². The van der Waals surface area contributed by atoms with Crippen LogP contribution in [-0.4, -0.2) is 15.9 Å². The predicted octanol–water partition coefficient (Wildman–Crippen LogP) is 3.21. The molecule has 0 bridgehead atoms. The molecule has 2 aromatic carbocycles. The number of primary amides is 1. The minimum absolute atomic E-state index is 0.131. The Balaban J connectivity index is 2.11. The van der Waals surface area contributed by atoms with Crippen LogP contribution in [0.25, 0.3) is 10.9 Å². The van der Waals surface area contributed by atoms with Crippen LogP contribution in [0.2, 0.25) is 5.02 Å². The predicted molar refractivity (Wildman–Crippen MR) is 99.2 cm³/mol. The fraction of sp³-hybridized carbons (Fsp3) is 0.167. The second-order valence-electron chi connectivity index (χ2n) is 5.65. The molecule has 0 saturated heterocycles. The van der Waals surface area contributed by atoms with Gasteiger partial charge >= 0.3 is 0 Å². The van der Waals surface area contributed by atoms with Gasteiger partial charge in [0.1, 0.15) is 6.33 Å². The van der Waals surface area contributed by atoms with Gasteiger partial charge in [-0.15, -0.1) is 0 Å². The van der Waals surface area contributed by atoms with Gasteiger partial charge in [0, 0.05) is 10.4 Å². The number of hydrogen-bond acceptors (Lipinski definition) is 5. The molecule has 6 nitrogen and oxygen atoms in total. The third-order valence-corrected chi connectivity index (χ3v) is 4.34. The Morgan fingerprint density at radius 2 is 2.00 bits per heavy atom. The van der Waals surface area contributed by atoms with E-state index in [9.17, 15) is 4.79 Å². The number of halogens is 1. The van der Waals surface area contributed by atoms with Gasteiger partial charge in [-0.25, -0.2) is 15.8 Å². The van der Waals surface area contributed by atoms with Gasteiger partial charge in [0.15, 0.2) is 5.82 Å². The first-order valence-electron chi connectivity index (χ1n) is 7.85. The van der Waals surface area contributed by atoms with E-state index in [1.54, 1.807) is 17.1 Å². The monoisotopic (exact) mass is 355 g/mol. The second kappa shape index (κ2) is 7.04. The molecule has 3 aromatic rings. The number of carbonyl (C=O) groups excluding carboxylic acids is 1. The average molecular weight is 356 g/mol. The normalized spacial score (nSPS) is 12.1. The number of hydrazine groups is 1. The van der Waals surface area contributed by atoms with E-state index in [1.807, 2.05) is 37.3 Å². The fourth-order valence-electron chi connectivity index (χ4n) is 2.93. The Hall–Kier alpha value is -2.70. The third kappa shape index (κ3) is 3.26. The van der Waals surface area contributed by atoms with Gasteiger partial charge in [-0.05, 0) is 36.2 Å². The topological polar surface area (TPSA) is 98.1 Å². The molecule has 4 N–H and O–H groups in total. The molecular formula is C18H18ClN5O. The van der Waals surface area contributed by atoms with Gasteiger partial charge in [-0.3, -0.25) is 9.80 Å². The molecule has 25 heavy (non-hydrogen) atoms. The maximum atomic E-state index is 11.6. The molecule has 1 amide bonds. The molecule has 0 spiro atoms. The van der Waals surface area contributed by atoms with Crippen LogP contribution in [0, 0.1) is 0 Å². The SMILES string of the molecule is CCC(c1cccc(Cl)c1)N(N)c1ncnc2c(C(N)=O)cccc12. The summed E-state index contributed by atoms with van der Waals surface area (Å²) >= 11 is 6.11. The van der Waals surface area contributed by atoms with E-state index in [-0.39, 0.29) is 6.04 Å². The maximum absolute atomic E-state index is 11.6. The van der Waals surface area contributed by atoms with Crippen molar-refractivity contribution >= 4 is 34.2 Å². The van der Waals surface area contributed by atoms with Gasteiger partial charge in [0.2, 0.25) is 0 Å². The first-order chi connectivity index (χ1) is 12.0. The fourth-order valence-corrected chi connectivity index (χ4v) is 3.13. The molecule has 0 aliphatic carbocycles. The smallest absolute Gasteiger partial charge is 0.250 e. The summed E-state index contributed by atoms with van der Waals surface area (Å²) in [6, 6.07) is 12.6. The first kappa shape index (κ1) is 17.1. The number of nitrogens with zero attached hydrogens (tertiary/aromatic N) is 3. The van der Waals surface area contributed by atoms with Crippen molar-refractivity contribution in [3.63, 3.8) is 0 Å². The molecule has 3 rings (SSSR count). The third-order valence-electron chi connectivity index (χ3n) is 4.11. The first-order valence-corrected chi connectivity index (χ1v) is 8.23. The Bertz CT molecular complexity index is 930. The van der Waals surface area contributed by atoms with Crippen LogP contribution in [0.15, 0.2) is 48.8 Å². The van der Waals surface area contributed by atoms with Crippen LogP contribution in [0.5, 0.6) is 0 Å². The zero-order valence-electron chi connectivity index (χ0n) is 13.7. The number of benzene rings is 2. The molecule has 1 atom stereocenters. The number of aromatic nitrogens is 2. The standard InChI is InChI=1S/C18H18ClN5O/c1-2-15(11-5-3-6-12(19)9-11)24(21)18-14-8-4-7-13(17(20)25)16(14)22-10-23-18/h3-10,15H,2,21H2,1H3,(H2,20,25). The summed E-state index contributed by atoms with van der Waals surface area (Å²) in [7, 11) is 0. The number of hydrogen-bond donors (Lipinski definition) is 2. The van der Waals surface area contributed by atoms with Crippen LogP contribution in [-0.2, 0) is 0 Å². The molecule has 0 fully saturated rings. The Kier molecular flexibility index (Phi) is 4.83. The summed E-state index contributed by atoms with van der Waals surface area (Å²) < 4.78 is 0. The van der Waals surface area contributed by atoms with Crippen molar-refractivity contribution in [1.82, 2.24) is 9.97 Å². The zero-order valence-corrected chi connectivity index (χ0v) is 14.4. The summed E-state index contributed by atoms with van der Waals surface area (Å²) in [5.41, 5.74) is 7.24. The molecule has 7 heteroatoms. The molecule has 128 valence electrons. The molecule has 0 aliphatic heterocycles. The molecule has 1 heterocycles. The van der Waals surface area contributed by atoms with E-state index in [4.69, 9.17) is 23.2 Å². The Labute approximate surface area is 150 Å². The lowest BCUT2D eigenvalue weighted by Crippen LogP contribution is -2.36. The van der Waals surface area contributed by atoms with Crippen molar-refractivity contribution < 1.29 is 4.79 Å². The number of amides is 1. The van der Waals surface area contributed by atoms with Crippen LogP contribution in [0.3, 0.4) is 0 Å². The van der Waals surface area contributed by atoms with Gasteiger partial charge in [0.25, 0.3) is 5.91 Å². The number of nitrogens with two attached hydrogens (primary N) is 2. The number of carbonyl (C=O) groups is 1. The second-order valence-corrected chi connectivity index (χ2v) is 6.09. The summed E-state index contributed by atoms with van der Waals surface area (Å²) in [4.78, 5) is 20.2. The molecule has 1 aromatic heterocycles. The van der Waals surface area contributed by atoms with Crippen LogP contribution in [0.1, 0.15) is 35.3 Å². The highest BCUT2D eigenvalue weighted by molar-refractivity contribution is 6.30. The molecule has 0 aliphatic rings. The highest BCUT2D eigenvalue weighted by Crippen LogP contribution is 2.31. The lowest BCUT2D eigenvalue weighted by Gasteiger charge is -2.28. The lowest BCUT2D eigenvalue weighted by atomic mass is 10.0. The van der Waals surface area contributed by atoms with Gasteiger partial charge in [-0.1, -0.05) is 36.7 Å². The zero-order chi connectivity index (χ0) is 18.0. The maximum Gasteiger partial charge on any atom is 0.250 e. The van der Waals surface area contributed by atoms with Crippen LogP contribution >= 0.6 is 11.6 Å². The van der Waals surface area contributed by atoms with Crippen molar-refractivity contribution in [1.29, 1.82) is 0 Å². The van der Waals surface area contributed by atoms with Crippen molar-refractivity contribution in [2.45, 2.75) is 19.4 Å². The number of rotatable bonds is 5. The van der Waals surface area contributed by atoms with Gasteiger partial charge in [0.05, 0.1) is 17.1 Å². The Morgan fingerprint density at radius 1 is 1.24 bits per heavy atom. The summed E-state index contributed by atoms with van der Waals surface area (Å²) in [6.45, 7) is 2.03. The summed E-state index contributed by atoms with van der Waals surface area (Å²) in [5.74, 6) is 6.39.